The van der Waals surface area contributed by atoms with Gasteiger partial charge in [-0.05, 0) is 50.1 Å². The summed E-state index contributed by atoms with van der Waals surface area (Å²) in [6.45, 7) is 5.04. The number of hydrogen-bond donors (Lipinski definition) is 1. The molecule has 0 aliphatic heterocycles. The Kier molecular flexibility index (Phi) is 10.1. The Morgan fingerprint density at radius 1 is 1.06 bits per heavy atom. The Hall–Kier alpha value is -2.00. The van der Waals surface area contributed by atoms with E-state index in [0.717, 1.165) is 10.6 Å². The van der Waals surface area contributed by atoms with Crippen LogP contribution >= 0.6 is 34.8 Å². The number of rotatable bonds is 10. The Morgan fingerprint density at radius 2 is 1.68 bits per heavy atom. The van der Waals surface area contributed by atoms with E-state index in [9.17, 15) is 18.0 Å². The van der Waals surface area contributed by atoms with Gasteiger partial charge < -0.3 is 10.2 Å². The third-order valence-electron chi connectivity index (χ3n) is 5.25. The first kappa shape index (κ1) is 28.2. The maximum atomic E-state index is 13.6. The third kappa shape index (κ3) is 7.01. The van der Waals surface area contributed by atoms with Crippen LogP contribution in [0.2, 0.25) is 15.1 Å². The van der Waals surface area contributed by atoms with E-state index in [1.54, 1.807) is 51.1 Å². The highest BCUT2D eigenvalue weighted by Crippen LogP contribution is 2.29. The minimum atomic E-state index is -3.86. The predicted molar refractivity (Wildman–Crippen MR) is 138 cm³/mol. The van der Waals surface area contributed by atoms with Crippen molar-refractivity contribution in [1.82, 2.24) is 10.2 Å². The molecule has 0 unspecified atom stereocenters. The van der Waals surface area contributed by atoms with Crippen LogP contribution in [-0.4, -0.2) is 50.5 Å². The van der Waals surface area contributed by atoms with Crippen molar-refractivity contribution in [3.05, 3.63) is 62.6 Å². The van der Waals surface area contributed by atoms with E-state index in [0.29, 0.717) is 39.2 Å². The molecule has 186 valence electrons. The van der Waals surface area contributed by atoms with Crippen molar-refractivity contribution in [2.75, 3.05) is 23.7 Å². The highest BCUT2D eigenvalue weighted by Gasteiger charge is 2.32. The molecule has 7 nitrogen and oxygen atoms in total. The van der Waals surface area contributed by atoms with E-state index in [4.69, 9.17) is 34.8 Å². The summed E-state index contributed by atoms with van der Waals surface area (Å²) in [5, 5.41) is 3.73. The van der Waals surface area contributed by atoms with E-state index in [-0.39, 0.29) is 18.1 Å². The lowest BCUT2D eigenvalue weighted by atomic mass is 10.1. The van der Waals surface area contributed by atoms with Gasteiger partial charge in [-0.3, -0.25) is 13.9 Å². The molecule has 0 radical (unpaired) electrons. The first-order valence-electron chi connectivity index (χ1n) is 10.6. The molecule has 0 saturated heterocycles. The smallest absolute Gasteiger partial charge is 0.244 e. The molecule has 1 atom stereocenters. The SMILES string of the molecule is CCNC(=O)[C@@H](CC)N(Cc1c(Cl)cccc1Cl)C(=O)CN(c1cc(Cl)ccc1C)S(C)(=O)=O. The highest BCUT2D eigenvalue weighted by atomic mass is 35.5. The number of carbonyl (C=O) groups is 2. The predicted octanol–water partition coefficient (Wildman–Crippen LogP) is 4.66. The molecule has 2 amide bonds. The van der Waals surface area contributed by atoms with Gasteiger partial charge in [-0.15, -0.1) is 0 Å². The van der Waals surface area contributed by atoms with Gasteiger partial charge in [0.1, 0.15) is 12.6 Å². The van der Waals surface area contributed by atoms with Crippen molar-refractivity contribution in [2.45, 2.75) is 39.8 Å². The zero-order chi connectivity index (χ0) is 25.6. The lowest BCUT2D eigenvalue weighted by Crippen LogP contribution is -2.52. The van der Waals surface area contributed by atoms with Crippen molar-refractivity contribution in [3.63, 3.8) is 0 Å². The maximum absolute atomic E-state index is 13.6. The second kappa shape index (κ2) is 12.1. The van der Waals surface area contributed by atoms with Gasteiger partial charge in [-0.25, -0.2) is 8.42 Å². The first-order valence-corrected chi connectivity index (χ1v) is 13.6. The number of halogens is 3. The molecule has 0 aliphatic rings. The van der Waals surface area contributed by atoms with E-state index < -0.39 is 28.5 Å². The van der Waals surface area contributed by atoms with Gasteiger partial charge in [0, 0.05) is 33.7 Å². The summed E-state index contributed by atoms with van der Waals surface area (Å²) in [5.41, 5.74) is 1.37. The van der Waals surface area contributed by atoms with Crippen molar-refractivity contribution in [3.8, 4) is 0 Å². The summed E-state index contributed by atoms with van der Waals surface area (Å²) in [6.07, 6.45) is 1.31. The number of likely N-dealkylation sites (N-methyl/N-ethyl adjacent to an activating group) is 1. The van der Waals surface area contributed by atoms with Crippen LogP contribution in [0, 0.1) is 6.92 Å². The monoisotopic (exact) mass is 547 g/mol. The average molecular weight is 549 g/mol. The fourth-order valence-corrected chi connectivity index (χ4v) is 5.09. The number of nitrogens with one attached hydrogen (secondary N) is 1. The second-order valence-corrected chi connectivity index (χ2v) is 10.9. The quantitative estimate of drug-likeness (QED) is 0.468. The lowest BCUT2D eigenvalue weighted by molar-refractivity contribution is -0.140. The van der Waals surface area contributed by atoms with Crippen LogP contribution in [0.4, 0.5) is 5.69 Å². The Morgan fingerprint density at radius 3 is 2.21 bits per heavy atom. The summed E-state index contributed by atoms with van der Waals surface area (Å²) < 4.78 is 26.4. The molecule has 1 N–H and O–H groups in total. The molecule has 0 heterocycles. The summed E-state index contributed by atoms with van der Waals surface area (Å²) in [6, 6.07) is 8.88. The van der Waals surface area contributed by atoms with E-state index in [1.807, 2.05) is 0 Å². The van der Waals surface area contributed by atoms with Gasteiger partial charge >= 0.3 is 0 Å². The number of hydrogen-bond acceptors (Lipinski definition) is 4. The molecule has 0 saturated carbocycles. The van der Waals surface area contributed by atoms with Gasteiger partial charge in [0.25, 0.3) is 0 Å². The van der Waals surface area contributed by atoms with Crippen LogP contribution in [0.15, 0.2) is 36.4 Å². The number of aryl methyl sites for hydroxylation is 1. The largest absolute Gasteiger partial charge is 0.355 e. The Labute approximate surface area is 216 Å². The number of carbonyl (C=O) groups excluding carboxylic acids is 2. The molecular weight excluding hydrogens is 521 g/mol. The molecule has 0 aliphatic carbocycles. The fourth-order valence-electron chi connectivity index (χ4n) is 3.51. The zero-order valence-corrected chi connectivity index (χ0v) is 22.5. The van der Waals surface area contributed by atoms with Crippen molar-refractivity contribution >= 4 is 62.3 Å². The third-order valence-corrected chi connectivity index (χ3v) is 7.32. The van der Waals surface area contributed by atoms with Crippen LogP contribution in [0.1, 0.15) is 31.4 Å². The minimum absolute atomic E-state index is 0.0703. The molecule has 0 spiro atoms. The molecule has 34 heavy (non-hydrogen) atoms. The molecule has 0 fully saturated rings. The number of sulfonamides is 1. The number of benzene rings is 2. The molecule has 11 heteroatoms. The minimum Gasteiger partial charge on any atom is -0.355 e. The maximum Gasteiger partial charge on any atom is 0.244 e. The molecule has 2 aromatic carbocycles. The molecular formula is C23H28Cl3N3O4S. The van der Waals surface area contributed by atoms with Crippen molar-refractivity contribution in [1.29, 1.82) is 0 Å². The van der Waals surface area contributed by atoms with Crippen molar-refractivity contribution in [2.24, 2.45) is 0 Å². The standard InChI is InChI=1S/C23H28Cl3N3O4S/c1-5-20(23(31)27-6-2)28(13-17-18(25)8-7-9-19(17)26)22(30)14-29(34(4,32)33)21-12-16(24)11-10-15(21)3/h7-12,20H,5-6,13-14H2,1-4H3,(H,27,31)/t20-/m1/s1. The highest BCUT2D eigenvalue weighted by molar-refractivity contribution is 7.92. The molecule has 0 aromatic heterocycles. The molecule has 2 rings (SSSR count). The van der Waals surface area contributed by atoms with Gasteiger partial charge in [0.05, 0.1) is 11.9 Å². The van der Waals surface area contributed by atoms with Crippen LogP contribution in [0.3, 0.4) is 0 Å². The van der Waals surface area contributed by atoms with Gasteiger partial charge in [0.2, 0.25) is 21.8 Å². The molecule has 2 aromatic rings. The summed E-state index contributed by atoms with van der Waals surface area (Å²) in [5.74, 6) is -0.940. The zero-order valence-electron chi connectivity index (χ0n) is 19.4. The number of anilines is 1. The molecule has 0 bridgehead atoms. The summed E-state index contributed by atoms with van der Waals surface area (Å²) >= 11 is 18.8. The van der Waals surface area contributed by atoms with Crippen LogP contribution < -0.4 is 9.62 Å². The fraction of sp³-hybridized carbons (Fsp3) is 0.391. The normalized spacial score (nSPS) is 12.2. The first-order chi connectivity index (χ1) is 15.9. The van der Waals surface area contributed by atoms with Crippen LogP contribution in [0.5, 0.6) is 0 Å². The Balaban J connectivity index is 2.54. The van der Waals surface area contributed by atoms with E-state index in [2.05, 4.69) is 5.32 Å². The van der Waals surface area contributed by atoms with E-state index >= 15 is 0 Å². The Bertz CT molecular complexity index is 1140. The van der Waals surface area contributed by atoms with Gasteiger partial charge in [-0.2, -0.15) is 0 Å². The van der Waals surface area contributed by atoms with Crippen LogP contribution in [0.25, 0.3) is 0 Å². The summed E-state index contributed by atoms with van der Waals surface area (Å²) in [4.78, 5) is 27.8. The van der Waals surface area contributed by atoms with Crippen molar-refractivity contribution < 1.29 is 18.0 Å². The van der Waals surface area contributed by atoms with E-state index in [1.165, 1.54) is 11.0 Å². The average Bonchev–Trinajstić information content (AvgIpc) is 2.75. The number of nitrogens with zero attached hydrogens (tertiary/aromatic N) is 2. The van der Waals surface area contributed by atoms with Gasteiger partial charge in [0.15, 0.2) is 0 Å². The summed E-state index contributed by atoms with van der Waals surface area (Å²) in [7, 11) is -3.86. The lowest BCUT2D eigenvalue weighted by Gasteiger charge is -2.33. The topological polar surface area (TPSA) is 86.8 Å². The van der Waals surface area contributed by atoms with Gasteiger partial charge in [-0.1, -0.05) is 53.9 Å². The number of amides is 2. The second-order valence-electron chi connectivity index (χ2n) is 7.74. The van der Waals surface area contributed by atoms with Crippen LogP contribution in [-0.2, 0) is 26.2 Å².